The molecule has 2 aromatic carbocycles. The Labute approximate surface area is 126 Å². The molecule has 3 nitrogen and oxygen atoms in total. The Balaban J connectivity index is 2.38. The molecule has 0 saturated heterocycles. The number of aryl methyl sites for hydroxylation is 2. The molecule has 0 fully saturated rings. The Morgan fingerprint density at radius 2 is 1.86 bits per heavy atom. The first kappa shape index (κ1) is 15.1. The van der Waals surface area contributed by atoms with Crippen molar-refractivity contribution < 1.29 is 4.79 Å². The van der Waals surface area contributed by atoms with Crippen LogP contribution in [0.15, 0.2) is 36.4 Å². The zero-order chi connectivity index (χ0) is 15.6. The van der Waals surface area contributed by atoms with Gasteiger partial charge in [-0.2, -0.15) is 0 Å². The lowest BCUT2D eigenvalue weighted by Crippen LogP contribution is -2.16. The summed E-state index contributed by atoms with van der Waals surface area (Å²) in [5.41, 5.74) is 11.0. The van der Waals surface area contributed by atoms with E-state index < -0.39 is 0 Å². The van der Waals surface area contributed by atoms with Crippen LogP contribution in [0.5, 0.6) is 0 Å². The van der Waals surface area contributed by atoms with Crippen molar-refractivity contribution in [3.63, 3.8) is 0 Å². The van der Waals surface area contributed by atoms with Crippen molar-refractivity contribution in [3.05, 3.63) is 58.7 Å². The number of rotatable bonds is 3. The predicted molar refractivity (Wildman–Crippen MR) is 88.8 cm³/mol. The van der Waals surface area contributed by atoms with Crippen LogP contribution in [-0.2, 0) is 0 Å². The number of carbonyl (C=O) groups excluding carboxylic acids is 1. The van der Waals surface area contributed by atoms with Crippen molar-refractivity contribution in [2.45, 2.75) is 33.6 Å². The largest absolute Gasteiger partial charge is 0.398 e. The lowest BCUT2D eigenvalue weighted by molar-refractivity contribution is 0.102. The maximum Gasteiger partial charge on any atom is 0.257 e. The highest BCUT2D eigenvalue weighted by Gasteiger charge is 2.15. The summed E-state index contributed by atoms with van der Waals surface area (Å²) in [5, 5.41) is 3.03. The molecule has 0 radical (unpaired) electrons. The summed E-state index contributed by atoms with van der Waals surface area (Å²) in [4.78, 5) is 12.5. The van der Waals surface area contributed by atoms with E-state index >= 15 is 0 Å². The van der Waals surface area contributed by atoms with Crippen molar-refractivity contribution in [3.8, 4) is 0 Å². The summed E-state index contributed by atoms with van der Waals surface area (Å²) in [6.07, 6.45) is 0. The average Bonchev–Trinajstić information content (AvgIpc) is 2.43. The maximum absolute atomic E-state index is 12.5. The van der Waals surface area contributed by atoms with Crippen molar-refractivity contribution in [2.24, 2.45) is 0 Å². The summed E-state index contributed by atoms with van der Waals surface area (Å²) in [6.45, 7) is 8.18. The van der Waals surface area contributed by atoms with E-state index in [-0.39, 0.29) is 5.91 Å². The second kappa shape index (κ2) is 6.00. The molecule has 1 amide bonds. The van der Waals surface area contributed by atoms with Crippen LogP contribution >= 0.6 is 0 Å². The number of hydrogen-bond donors (Lipinski definition) is 2. The summed E-state index contributed by atoms with van der Waals surface area (Å²) in [6, 6.07) is 11.6. The van der Waals surface area contributed by atoms with Crippen LogP contribution in [0.1, 0.15) is 46.8 Å². The number of benzene rings is 2. The number of anilines is 2. The molecule has 110 valence electrons. The third kappa shape index (κ3) is 3.24. The molecule has 2 aromatic rings. The fourth-order valence-corrected chi connectivity index (χ4v) is 2.39. The van der Waals surface area contributed by atoms with E-state index in [9.17, 15) is 4.79 Å². The lowest BCUT2D eigenvalue weighted by Gasteiger charge is -2.17. The first-order chi connectivity index (χ1) is 9.90. The summed E-state index contributed by atoms with van der Waals surface area (Å²) >= 11 is 0. The molecular formula is C18H22N2O. The summed E-state index contributed by atoms with van der Waals surface area (Å²) in [5.74, 6) is 0.183. The van der Waals surface area contributed by atoms with E-state index in [0.717, 1.165) is 22.4 Å². The molecule has 0 spiro atoms. The summed E-state index contributed by atoms with van der Waals surface area (Å²) < 4.78 is 0. The summed E-state index contributed by atoms with van der Waals surface area (Å²) in [7, 11) is 0. The monoisotopic (exact) mass is 282 g/mol. The smallest absolute Gasteiger partial charge is 0.257 e. The third-order valence-corrected chi connectivity index (χ3v) is 3.62. The molecule has 0 unspecified atom stereocenters. The highest BCUT2D eigenvalue weighted by Crippen LogP contribution is 2.28. The quantitative estimate of drug-likeness (QED) is 0.826. The van der Waals surface area contributed by atoms with Gasteiger partial charge in [0.15, 0.2) is 0 Å². The SMILES string of the molecule is Cc1ccc(N)c(C(=O)Nc2c(C)cccc2C(C)C)c1. The van der Waals surface area contributed by atoms with E-state index in [4.69, 9.17) is 5.73 Å². The number of nitrogens with one attached hydrogen (secondary N) is 1. The van der Waals surface area contributed by atoms with Crippen LogP contribution < -0.4 is 11.1 Å². The van der Waals surface area contributed by atoms with E-state index in [0.29, 0.717) is 17.2 Å². The molecule has 0 atom stereocenters. The van der Waals surface area contributed by atoms with Crippen LogP contribution in [0.4, 0.5) is 11.4 Å². The van der Waals surface area contributed by atoms with E-state index in [1.54, 1.807) is 6.07 Å². The van der Waals surface area contributed by atoms with Crippen LogP contribution in [0.3, 0.4) is 0 Å². The van der Waals surface area contributed by atoms with Gasteiger partial charge in [-0.05, 0) is 43.0 Å². The highest BCUT2D eigenvalue weighted by atomic mass is 16.1. The van der Waals surface area contributed by atoms with Crippen molar-refractivity contribution in [2.75, 3.05) is 11.1 Å². The van der Waals surface area contributed by atoms with Crippen molar-refractivity contribution >= 4 is 17.3 Å². The second-order valence-corrected chi connectivity index (χ2v) is 5.74. The van der Waals surface area contributed by atoms with Gasteiger partial charge in [0.25, 0.3) is 5.91 Å². The molecule has 0 bridgehead atoms. The molecule has 3 N–H and O–H groups in total. The Hall–Kier alpha value is -2.29. The minimum atomic E-state index is -0.160. The van der Waals surface area contributed by atoms with Gasteiger partial charge in [0, 0.05) is 11.4 Å². The van der Waals surface area contributed by atoms with E-state index in [2.05, 4.69) is 19.2 Å². The van der Waals surface area contributed by atoms with Gasteiger partial charge >= 0.3 is 0 Å². The zero-order valence-electron chi connectivity index (χ0n) is 13.0. The fraction of sp³-hybridized carbons (Fsp3) is 0.278. The Morgan fingerprint density at radius 1 is 1.14 bits per heavy atom. The van der Waals surface area contributed by atoms with Crippen LogP contribution in [0.2, 0.25) is 0 Å². The second-order valence-electron chi connectivity index (χ2n) is 5.74. The normalized spacial score (nSPS) is 10.7. The van der Waals surface area contributed by atoms with Gasteiger partial charge in [0.2, 0.25) is 0 Å². The molecule has 0 aliphatic heterocycles. The number of nitrogens with two attached hydrogens (primary N) is 1. The van der Waals surface area contributed by atoms with Gasteiger partial charge in [-0.3, -0.25) is 4.79 Å². The molecule has 21 heavy (non-hydrogen) atoms. The van der Waals surface area contributed by atoms with Gasteiger partial charge in [-0.1, -0.05) is 43.7 Å². The van der Waals surface area contributed by atoms with Gasteiger partial charge in [-0.15, -0.1) is 0 Å². The molecule has 0 heterocycles. The van der Waals surface area contributed by atoms with Crippen LogP contribution in [0, 0.1) is 13.8 Å². The Bertz CT molecular complexity index is 675. The minimum absolute atomic E-state index is 0.160. The van der Waals surface area contributed by atoms with Crippen LogP contribution in [-0.4, -0.2) is 5.91 Å². The number of carbonyl (C=O) groups is 1. The van der Waals surface area contributed by atoms with Gasteiger partial charge < -0.3 is 11.1 Å². The average molecular weight is 282 g/mol. The van der Waals surface area contributed by atoms with Crippen molar-refractivity contribution in [1.29, 1.82) is 0 Å². The van der Waals surface area contributed by atoms with E-state index in [1.165, 1.54) is 0 Å². The lowest BCUT2D eigenvalue weighted by atomic mass is 9.98. The van der Waals surface area contributed by atoms with Crippen LogP contribution in [0.25, 0.3) is 0 Å². The molecule has 0 aliphatic carbocycles. The third-order valence-electron chi connectivity index (χ3n) is 3.62. The Morgan fingerprint density at radius 3 is 2.52 bits per heavy atom. The van der Waals surface area contributed by atoms with E-state index in [1.807, 2.05) is 44.2 Å². The van der Waals surface area contributed by atoms with Gasteiger partial charge in [0.05, 0.1) is 5.56 Å². The topological polar surface area (TPSA) is 55.1 Å². The number of hydrogen-bond acceptors (Lipinski definition) is 2. The van der Waals surface area contributed by atoms with Crippen molar-refractivity contribution in [1.82, 2.24) is 0 Å². The minimum Gasteiger partial charge on any atom is -0.398 e. The Kier molecular flexibility index (Phi) is 4.32. The maximum atomic E-state index is 12.5. The van der Waals surface area contributed by atoms with Gasteiger partial charge in [-0.25, -0.2) is 0 Å². The standard InChI is InChI=1S/C18H22N2O/c1-11(2)14-7-5-6-13(4)17(14)20-18(21)15-10-12(3)8-9-16(15)19/h5-11H,19H2,1-4H3,(H,20,21). The first-order valence-corrected chi connectivity index (χ1v) is 7.17. The molecule has 0 saturated carbocycles. The van der Waals surface area contributed by atoms with Gasteiger partial charge in [0.1, 0.15) is 0 Å². The molecule has 0 aliphatic rings. The number of para-hydroxylation sites is 1. The molecule has 2 rings (SSSR count). The predicted octanol–water partition coefficient (Wildman–Crippen LogP) is 4.26. The molecular weight excluding hydrogens is 260 g/mol. The number of amides is 1. The molecule has 0 aromatic heterocycles. The first-order valence-electron chi connectivity index (χ1n) is 7.17. The molecule has 3 heteroatoms. The fourth-order valence-electron chi connectivity index (χ4n) is 2.39. The number of nitrogen functional groups attached to an aromatic ring is 1. The zero-order valence-corrected chi connectivity index (χ0v) is 13.0. The highest BCUT2D eigenvalue weighted by molar-refractivity contribution is 6.08.